The van der Waals surface area contributed by atoms with Gasteiger partial charge in [0.05, 0.1) is 6.54 Å². The van der Waals surface area contributed by atoms with E-state index >= 15 is 0 Å². The number of rotatable bonds is 7. The Labute approximate surface area is 123 Å². The standard InChI is InChI=1S/C15H19BrN2O/c1-4-8-18(9-5-2)15(19)11-17-14-7-6-13(16)10-12(14)3/h4-7,10,17H,1-2,8-9,11H2,3H3. The topological polar surface area (TPSA) is 32.3 Å². The summed E-state index contributed by atoms with van der Waals surface area (Å²) in [6.45, 7) is 10.6. The first-order chi connectivity index (χ1) is 9.08. The van der Waals surface area contributed by atoms with Gasteiger partial charge >= 0.3 is 0 Å². The second-order valence-corrected chi connectivity index (χ2v) is 5.10. The summed E-state index contributed by atoms with van der Waals surface area (Å²) < 4.78 is 1.03. The number of carbonyl (C=O) groups is 1. The average molecular weight is 323 g/mol. The predicted octanol–water partition coefficient (Wildman–Crippen LogP) is 3.37. The zero-order chi connectivity index (χ0) is 14.3. The van der Waals surface area contributed by atoms with E-state index in [4.69, 9.17) is 0 Å². The third-order valence-electron chi connectivity index (χ3n) is 2.67. The highest BCUT2D eigenvalue weighted by molar-refractivity contribution is 9.10. The lowest BCUT2D eigenvalue weighted by Gasteiger charge is -2.20. The number of amides is 1. The first-order valence-corrected chi connectivity index (χ1v) is 6.87. The fraction of sp³-hybridized carbons (Fsp3) is 0.267. The van der Waals surface area contributed by atoms with Crippen LogP contribution in [0.2, 0.25) is 0 Å². The van der Waals surface area contributed by atoms with Gasteiger partial charge in [0.2, 0.25) is 5.91 Å². The maximum Gasteiger partial charge on any atom is 0.242 e. The van der Waals surface area contributed by atoms with Gasteiger partial charge in [-0.1, -0.05) is 28.1 Å². The van der Waals surface area contributed by atoms with Gasteiger partial charge in [0, 0.05) is 23.2 Å². The Bertz CT molecular complexity index is 461. The number of nitrogens with zero attached hydrogens (tertiary/aromatic N) is 1. The van der Waals surface area contributed by atoms with Crippen LogP contribution in [0, 0.1) is 6.92 Å². The molecule has 0 aromatic heterocycles. The lowest BCUT2D eigenvalue weighted by Crippen LogP contribution is -2.35. The maximum absolute atomic E-state index is 12.0. The van der Waals surface area contributed by atoms with Gasteiger partial charge in [0.1, 0.15) is 0 Å². The van der Waals surface area contributed by atoms with Gasteiger partial charge in [-0.15, -0.1) is 13.2 Å². The monoisotopic (exact) mass is 322 g/mol. The molecule has 1 aromatic rings. The molecule has 0 bridgehead atoms. The van der Waals surface area contributed by atoms with Crippen LogP contribution >= 0.6 is 15.9 Å². The zero-order valence-corrected chi connectivity index (χ0v) is 12.7. The minimum atomic E-state index is 0.0297. The second-order valence-electron chi connectivity index (χ2n) is 4.19. The van der Waals surface area contributed by atoms with E-state index in [2.05, 4.69) is 34.4 Å². The largest absolute Gasteiger partial charge is 0.376 e. The Morgan fingerprint density at radius 2 is 2.00 bits per heavy atom. The molecule has 0 spiro atoms. The van der Waals surface area contributed by atoms with Gasteiger partial charge in [-0.25, -0.2) is 0 Å². The van der Waals surface area contributed by atoms with Crippen LogP contribution in [0.4, 0.5) is 5.69 Å². The van der Waals surface area contributed by atoms with Crippen molar-refractivity contribution >= 4 is 27.5 Å². The average Bonchev–Trinajstić information content (AvgIpc) is 2.37. The first kappa shape index (κ1) is 15.5. The molecule has 0 atom stereocenters. The molecule has 1 aromatic carbocycles. The second kappa shape index (κ2) is 7.79. The molecule has 0 radical (unpaired) electrons. The van der Waals surface area contributed by atoms with Crippen LogP contribution in [-0.4, -0.2) is 30.4 Å². The van der Waals surface area contributed by atoms with Gasteiger partial charge < -0.3 is 10.2 Å². The number of benzene rings is 1. The number of hydrogen-bond donors (Lipinski definition) is 1. The molecule has 1 N–H and O–H groups in total. The van der Waals surface area contributed by atoms with E-state index in [0.29, 0.717) is 13.1 Å². The molecule has 102 valence electrons. The normalized spacial score (nSPS) is 9.79. The Balaban J connectivity index is 2.61. The van der Waals surface area contributed by atoms with Gasteiger partial charge in [-0.05, 0) is 30.7 Å². The Morgan fingerprint density at radius 3 is 2.53 bits per heavy atom. The van der Waals surface area contributed by atoms with E-state index < -0.39 is 0 Å². The Hall–Kier alpha value is -1.55. The number of carbonyl (C=O) groups excluding carboxylic acids is 1. The summed E-state index contributed by atoms with van der Waals surface area (Å²) in [6.07, 6.45) is 3.43. The van der Waals surface area contributed by atoms with Crippen LogP contribution in [0.1, 0.15) is 5.56 Å². The molecule has 1 amide bonds. The fourth-order valence-electron chi connectivity index (χ4n) is 1.70. The zero-order valence-electron chi connectivity index (χ0n) is 11.2. The number of nitrogens with one attached hydrogen (secondary N) is 1. The molecule has 0 fully saturated rings. The van der Waals surface area contributed by atoms with Crippen molar-refractivity contribution in [2.75, 3.05) is 25.0 Å². The summed E-state index contributed by atoms with van der Waals surface area (Å²) in [4.78, 5) is 13.7. The molecule has 0 saturated heterocycles. The highest BCUT2D eigenvalue weighted by Gasteiger charge is 2.10. The SMILES string of the molecule is C=CCN(CC=C)C(=O)CNc1ccc(Br)cc1C. The van der Waals surface area contributed by atoms with Crippen molar-refractivity contribution in [2.24, 2.45) is 0 Å². The lowest BCUT2D eigenvalue weighted by atomic mass is 10.2. The van der Waals surface area contributed by atoms with Crippen molar-refractivity contribution < 1.29 is 4.79 Å². The van der Waals surface area contributed by atoms with Gasteiger partial charge in [-0.3, -0.25) is 4.79 Å². The Morgan fingerprint density at radius 1 is 1.37 bits per heavy atom. The molecule has 0 unspecified atom stereocenters. The summed E-state index contributed by atoms with van der Waals surface area (Å²) in [5.74, 6) is 0.0297. The number of hydrogen-bond acceptors (Lipinski definition) is 2. The molecule has 1 rings (SSSR count). The molecular formula is C15H19BrN2O. The van der Waals surface area contributed by atoms with Crippen molar-refractivity contribution in [1.29, 1.82) is 0 Å². The molecule has 19 heavy (non-hydrogen) atoms. The molecular weight excluding hydrogens is 304 g/mol. The summed E-state index contributed by atoms with van der Waals surface area (Å²) in [5.41, 5.74) is 2.06. The molecule has 4 heteroatoms. The van der Waals surface area contributed by atoms with E-state index in [-0.39, 0.29) is 12.5 Å². The molecule has 0 heterocycles. The van der Waals surface area contributed by atoms with Crippen molar-refractivity contribution in [1.82, 2.24) is 4.90 Å². The Kier molecular flexibility index (Phi) is 6.36. The quantitative estimate of drug-likeness (QED) is 0.780. The highest BCUT2D eigenvalue weighted by atomic mass is 79.9. The van der Waals surface area contributed by atoms with Crippen molar-refractivity contribution in [3.63, 3.8) is 0 Å². The third kappa shape index (κ3) is 4.91. The predicted molar refractivity (Wildman–Crippen MR) is 84.3 cm³/mol. The van der Waals surface area contributed by atoms with E-state index in [9.17, 15) is 4.79 Å². The van der Waals surface area contributed by atoms with Crippen molar-refractivity contribution in [3.05, 3.63) is 53.5 Å². The van der Waals surface area contributed by atoms with Crippen LogP contribution in [-0.2, 0) is 4.79 Å². The van der Waals surface area contributed by atoms with E-state index in [1.807, 2.05) is 25.1 Å². The summed E-state index contributed by atoms with van der Waals surface area (Å²) >= 11 is 3.42. The van der Waals surface area contributed by atoms with Crippen LogP contribution in [0.15, 0.2) is 48.0 Å². The first-order valence-electron chi connectivity index (χ1n) is 6.08. The minimum absolute atomic E-state index is 0.0297. The third-order valence-corrected chi connectivity index (χ3v) is 3.16. The summed E-state index contributed by atoms with van der Waals surface area (Å²) in [5, 5.41) is 3.16. The molecule has 3 nitrogen and oxygen atoms in total. The highest BCUT2D eigenvalue weighted by Crippen LogP contribution is 2.19. The van der Waals surface area contributed by atoms with Crippen LogP contribution in [0.3, 0.4) is 0 Å². The van der Waals surface area contributed by atoms with Crippen molar-refractivity contribution in [2.45, 2.75) is 6.92 Å². The van der Waals surface area contributed by atoms with Crippen molar-refractivity contribution in [3.8, 4) is 0 Å². The van der Waals surface area contributed by atoms with E-state index in [1.165, 1.54) is 0 Å². The van der Waals surface area contributed by atoms with Crippen LogP contribution < -0.4 is 5.32 Å². The number of halogens is 1. The van der Waals surface area contributed by atoms with Gasteiger partial charge in [0.25, 0.3) is 0 Å². The van der Waals surface area contributed by atoms with Crippen LogP contribution in [0.5, 0.6) is 0 Å². The van der Waals surface area contributed by atoms with Gasteiger partial charge in [-0.2, -0.15) is 0 Å². The van der Waals surface area contributed by atoms with Crippen LogP contribution in [0.25, 0.3) is 0 Å². The fourth-order valence-corrected chi connectivity index (χ4v) is 2.17. The molecule has 0 saturated carbocycles. The smallest absolute Gasteiger partial charge is 0.242 e. The molecule has 0 aliphatic rings. The lowest BCUT2D eigenvalue weighted by molar-refractivity contribution is -0.128. The number of anilines is 1. The minimum Gasteiger partial charge on any atom is -0.376 e. The van der Waals surface area contributed by atoms with Gasteiger partial charge in [0.15, 0.2) is 0 Å². The number of aryl methyl sites for hydroxylation is 1. The van der Waals surface area contributed by atoms with E-state index in [0.717, 1.165) is 15.7 Å². The molecule has 0 aliphatic heterocycles. The molecule has 0 aliphatic carbocycles. The summed E-state index contributed by atoms with van der Waals surface area (Å²) in [6, 6.07) is 5.92. The summed E-state index contributed by atoms with van der Waals surface area (Å²) in [7, 11) is 0. The van der Waals surface area contributed by atoms with E-state index in [1.54, 1.807) is 17.1 Å². The maximum atomic E-state index is 12.0.